The fourth-order valence-electron chi connectivity index (χ4n) is 1.90. The van der Waals surface area contributed by atoms with Gasteiger partial charge in [-0.1, -0.05) is 17.7 Å². The molecule has 1 atom stereocenters. The lowest BCUT2D eigenvalue weighted by molar-refractivity contribution is 0.167. The first kappa shape index (κ1) is 12.6. The summed E-state index contributed by atoms with van der Waals surface area (Å²) in [5, 5.41) is 16.9. The molecule has 2 rings (SSSR count). The molecule has 0 bridgehead atoms. The van der Waals surface area contributed by atoms with Gasteiger partial charge in [-0.15, -0.1) is 11.3 Å². The number of aliphatic hydroxyl groups is 1. The Hall–Kier alpha value is -0.840. The molecule has 1 unspecified atom stereocenters. The molecule has 0 aliphatic rings. The maximum atomic E-state index is 10.2. The number of thiophene rings is 1. The fourth-order valence-corrected chi connectivity index (χ4v) is 2.93. The summed E-state index contributed by atoms with van der Waals surface area (Å²) in [6.07, 6.45) is 0.995. The van der Waals surface area contributed by atoms with Crippen LogP contribution in [-0.2, 0) is 13.5 Å². The Balaban J connectivity index is 2.07. The molecule has 5 heteroatoms. The summed E-state index contributed by atoms with van der Waals surface area (Å²) in [4.78, 5) is 1.28. The van der Waals surface area contributed by atoms with E-state index in [1.165, 1.54) is 4.88 Å². The Kier molecular flexibility index (Phi) is 3.86. The van der Waals surface area contributed by atoms with Crippen LogP contribution >= 0.6 is 22.9 Å². The first-order valence-corrected chi connectivity index (χ1v) is 6.74. The first-order valence-electron chi connectivity index (χ1n) is 5.49. The zero-order valence-electron chi connectivity index (χ0n) is 9.85. The molecule has 0 aromatic carbocycles. The number of halogens is 1. The van der Waals surface area contributed by atoms with Gasteiger partial charge in [0.1, 0.15) is 5.15 Å². The SMILES string of the molecule is Cc1nn(C)c(Cl)c1C(O)CCc1cccs1. The van der Waals surface area contributed by atoms with Gasteiger partial charge in [-0.2, -0.15) is 5.10 Å². The van der Waals surface area contributed by atoms with Crippen molar-refractivity contribution < 1.29 is 5.11 Å². The van der Waals surface area contributed by atoms with Crippen LogP contribution < -0.4 is 0 Å². The Morgan fingerprint density at radius 2 is 2.35 bits per heavy atom. The minimum Gasteiger partial charge on any atom is -0.388 e. The molecular formula is C12H15ClN2OS. The van der Waals surface area contributed by atoms with Gasteiger partial charge >= 0.3 is 0 Å². The zero-order valence-corrected chi connectivity index (χ0v) is 11.4. The summed E-state index contributed by atoms with van der Waals surface area (Å²) in [5.41, 5.74) is 1.56. The molecule has 1 N–H and O–H groups in total. The molecule has 0 fully saturated rings. The van der Waals surface area contributed by atoms with Crippen LogP contribution in [0.3, 0.4) is 0 Å². The molecule has 0 saturated carbocycles. The lowest BCUT2D eigenvalue weighted by Crippen LogP contribution is -2.00. The van der Waals surface area contributed by atoms with Gasteiger partial charge in [-0.25, -0.2) is 0 Å². The van der Waals surface area contributed by atoms with Crippen LogP contribution in [0.1, 0.15) is 28.7 Å². The molecule has 2 aromatic heterocycles. The molecular weight excluding hydrogens is 256 g/mol. The highest BCUT2D eigenvalue weighted by atomic mass is 35.5. The molecule has 17 heavy (non-hydrogen) atoms. The molecule has 92 valence electrons. The second-order valence-electron chi connectivity index (χ2n) is 4.05. The maximum Gasteiger partial charge on any atom is 0.132 e. The van der Waals surface area contributed by atoms with Crippen LogP contribution in [0.2, 0.25) is 5.15 Å². The highest BCUT2D eigenvalue weighted by Crippen LogP contribution is 2.29. The van der Waals surface area contributed by atoms with Crippen molar-refractivity contribution in [1.82, 2.24) is 9.78 Å². The second-order valence-corrected chi connectivity index (χ2v) is 5.44. The summed E-state index contributed by atoms with van der Waals surface area (Å²) in [6, 6.07) is 4.10. The topological polar surface area (TPSA) is 38.0 Å². The molecule has 0 aliphatic carbocycles. The average Bonchev–Trinajstić information content (AvgIpc) is 2.86. The third kappa shape index (κ3) is 2.70. The monoisotopic (exact) mass is 270 g/mol. The number of hydrogen-bond donors (Lipinski definition) is 1. The van der Waals surface area contributed by atoms with Crippen molar-refractivity contribution in [2.45, 2.75) is 25.9 Å². The van der Waals surface area contributed by atoms with E-state index in [9.17, 15) is 5.11 Å². The van der Waals surface area contributed by atoms with Gasteiger partial charge in [0, 0.05) is 17.5 Å². The number of nitrogens with zero attached hydrogens (tertiary/aromatic N) is 2. The Labute approximate surface area is 110 Å². The molecule has 2 heterocycles. The molecule has 0 amide bonds. The lowest BCUT2D eigenvalue weighted by Gasteiger charge is -2.09. The molecule has 0 spiro atoms. The third-order valence-corrected chi connectivity index (χ3v) is 4.16. The van der Waals surface area contributed by atoms with Gasteiger partial charge in [0.25, 0.3) is 0 Å². The first-order chi connectivity index (χ1) is 8.09. The highest BCUT2D eigenvalue weighted by molar-refractivity contribution is 7.09. The van der Waals surface area contributed by atoms with Crippen molar-refractivity contribution in [3.8, 4) is 0 Å². The van der Waals surface area contributed by atoms with Crippen molar-refractivity contribution in [2.75, 3.05) is 0 Å². The quantitative estimate of drug-likeness (QED) is 0.927. The lowest BCUT2D eigenvalue weighted by atomic mass is 10.1. The number of aryl methyl sites for hydroxylation is 3. The standard InChI is InChI=1S/C12H15ClN2OS/c1-8-11(12(13)15(2)14-8)10(16)6-5-9-4-3-7-17-9/h3-4,7,10,16H,5-6H2,1-2H3. The van der Waals surface area contributed by atoms with Crippen LogP contribution in [0, 0.1) is 6.92 Å². The van der Waals surface area contributed by atoms with Gasteiger partial charge in [-0.3, -0.25) is 4.68 Å². The van der Waals surface area contributed by atoms with Crippen LogP contribution in [-0.4, -0.2) is 14.9 Å². The van der Waals surface area contributed by atoms with Crippen molar-refractivity contribution >= 4 is 22.9 Å². The summed E-state index contributed by atoms with van der Waals surface area (Å²) in [5.74, 6) is 0. The third-order valence-electron chi connectivity index (χ3n) is 2.77. The summed E-state index contributed by atoms with van der Waals surface area (Å²) in [7, 11) is 1.78. The smallest absolute Gasteiger partial charge is 0.132 e. The number of hydrogen-bond acceptors (Lipinski definition) is 3. The normalized spacial score (nSPS) is 12.9. The Morgan fingerprint density at radius 1 is 1.59 bits per heavy atom. The predicted octanol–water partition coefficient (Wildman–Crippen LogP) is 3.11. The second kappa shape index (κ2) is 5.21. The van der Waals surface area contributed by atoms with Crippen molar-refractivity contribution in [3.63, 3.8) is 0 Å². The van der Waals surface area contributed by atoms with Crippen LogP contribution in [0.4, 0.5) is 0 Å². The largest absolute Gasteiger partial charge is 0.388 e. The van der Waals surface area contributed by atoms with Gasteiger partial charge in [0.05, 0.1) is 11.8 Å². The number of aliphatic hydroxyl groups excluding tert-OH is 1. The van der Waals surface area contributed by atoms with E-state index in [-0.39, 0.29) is 0 Å². The predicted molar refractivity (Wildman–Crippen MR) is 70.6 cm³/mol. The summed E-state index contributed by atoms with van der Waals surface area (Å²) < 4.78 is 1.60. The van der Waals surface area contributed by atoms with Gasteiger partial charge in [0.2, 0.25) is 0 Å². The molecule has 0 saturated heterocycles. The Morgan fingerprint density at radius 3 is 2.88 bits per heavy atom. The van der Waals surface area contributed by atoms with Gasteiger partial charge < -0.3 is 5.11 Å². The average molecular weight is 271 g/mol. The van der Waals surface area contributed by atoms with Gasteiger partial charge in [0.15, 0.2) is 0 Å². The molecule has 3 nitrogen and oxygen atoms in total. The summed E-state index contributed by atoms with van der Waals surface area (Å²) >= 11 is 7.82. The summed E-state index contributed by atoms with van der Waals surface area (Å²) in [6.45, 7) is 1.87. The van der Waals surface area contributed by atoms with E-state index in [1.54, 1.807) is 23.1 Å². The van der Waals surface area contributed by atoms with Gasteiger partial charge in [-0.05, 0) is 31.2 Å². The van der Waals surface area contributed by atoms with Crippen LogP contribution in [0.25, 0.3) is 0 Å². The van der Waals surface area contributed by atoms with E-state index in [4.69, 9.17) is 11.6 Å². The van der Waals surface area contributed by atoms with Crippen molar-refractivity contribution in [2.24, 2.45) is 7.05 Å². The van der Waals surface area contributed by atoms with E-state index in [2.05, 4.69) is 11.2 Å². The van der Waals surface area contributed by atoms with Crippen LogP contribution in [0.5, 0.6) is 0 Å². The van der Waals surface area contributed by atoms with E-state index >= 15 is 0 Å². The molecule has 0 radical (unpaired) electrons. The maximum absolute atomic E-state index is 10.2. The van der Waals surface area contributed by atoms with E-state index in [0.717, 1.165) is 17.7 Å². The molecule has 0 aliphatic heterocycles. The zero-order chi connectivity index (χ0) is 12.4. The number of rotatable bonds is 4. The Bertz CT molecular complexity index is 493. The van der Waals surface area contributed by atoms with Crippen molar-refractivity contribution in [1.29, 1.82) is 0 Å². The van der Waals surface area contributed by atoms with Crippen molar-refractivity contribution in [3.05, 3.63) is 38.8 Å². The highest BCUT2D eigenvalue weighted by Gasteiger charge is 2.19. The number of aromatic nitrogens is 2. The molecule has 2 aromatic rings. The van der Waals surface area contributed by atoms with E-state index in [0.29, 0.717) is 11.6 Å². The minimum absolute atomic E-state index is 0.529. The van der Waals surface area contributed by atoms with E-state index < -0.39 is 6.10 Å². The van der Waals surface area contributed by atoms with E-state index in [1.807, 2.05) is 18.4 Å². The minimum atomic E-state index is -0.543. The fraction of sp³-hybridized carbons (Fsp3) is 0.417. The van der Waals surface area contributed by atoms with Crippen LogP contribution in [0.15, 0.2) is 17.5 Å².